The number of anilines is 1. The third-order valence-corrected chi connectivity index (χ3v) is 3.59. The van der Waals surface area contributed by atoms with Crippen LogP contribution in [0.4, 0.5) is 5.69 Å². The molecule has 1 amide bonds. The van der Waals surface area contributed by atoms with Crippen molar-refractivity contribution in [2.75, 3.05) is 25.5 Å². The van der Waals surface area contributed by atoms with Gasteiger partial charge in [-0.3, -0.25) is 4.79 Å². The van der Waals surface area contributed by atoms with E-state index in [0.29, 0.717) is 23.2 Å². The molecule has 0 radical (unpaired) electrons. The number of para-hydroxylation sites is 2. The van der Waals surface area contributed by atoms with Crippen LogP contribution in [-0.2, 0) is 11.2 Å². The molecule has 2 N–H and O–H groups in total. The number of carbonyl (C=O) groups excluding carboxylic acids is 1. The van der Waals surface area contributed by atoms with E-state index in [1.807, 2.05) is 12.1 Å². The highest BCUT2D eigenvalue weighted by Crippen LogP contribution is 2.23. The van der Waals surface area contributed by atoms with Gasteiger partial charge in [-0.25, -0.2) is 0 Å². The summed E-state index contributed by atoms with van der Waals surface area (Å²) in [5.74, 6) is 1.65. The number of aromatic nitrogens is 2. The summed E-state index contributed by atoms with van der Waals surface area (Å²) < 4.78 is 10.4. The molecule has 22 heavy (non-hydrogen) atoms. The lowest BCUT2D eigenvalue weighted by Gasteiger charge is -2.08. The second-order valence-corrected chi connectivity index (χ2v) is 5.16. The second kappa shape index (κ2) is 6.57. The summed E-state index contributed by atoms with van der Waals surface area (Å²) in [4.78, 5) is 16.4. The maximum atomic E-state index is 12.1. The largest absolute Gasteiger partial charge is 0.495 e. The molecule has 0 bridgehead atoms. The SMILES string of the molecule is COc1ccccc1NC(=O)Cc1noc([C@@H]2CCNC2)n1. The minimum Gasteiger partial charge on any atom is -0.495 e. The Labute approximate surface area is 128 Å². The summed E-state index contributed by atoms with van der Waals surface area (Å²) in [5, 5.41) is 9.92. The van der Waals surface area contributed by atoms with Crippen molar-refractivity contribution >= 4 is 11.6 Å². The van der Waals surface area contributed by atoms with Crippen molar-refractivity contribution in [2.24, 2.45) is 0 Å². The highest BCUT2D eigenvalue weighted by Gasteiger charge is 2.23. The average Bonchev–Trinajstić information content (AvgIpc) is 3.18. The molecule has 1 aliphatic rings. The molecule has 7 nitrogen and oxygen atoms in total. The first-order chi connectivity index (χ1) is 10.8. The van der Waals surface area contributed by atoms with Crippen LogP contribution in [0.15, 0.2) is 28.8 Å². The predicted molar refractivity (Wildman–Crippen MR) is 79.9 cm³/mol. The standard InChI is InChI=1S/C15H18N4O3/c1-21-12-5-3-2-4-11(12)17-14(20)8-13-18-15(22-19-13)10-6-7-16-9-10/h2-5,10,16H,6-9H2,1H3,(H,17,20)/t10-/m1/s1. The monoisotopic (exact) mass is 302 g/mol. The van der Waals surface area contributed by atoms with E-state index < -0.39 is 0 Å². The van der Waals surface area contributed by atoms with Crippen LogP contribution in [0.3, 0.4) is 0 Å². The molecule has 0 aliphatic carbocycles. The zero-order valence-electron chi connectivity index (χ0n) is 12.3. The molecular weight excluding hydrogens is 284 g/mol. The van der Waals surface area contributed by atoms with Gasteiger partial charge in [0.05, 0.1) is 25.1 Å². The summed E-state index contributed by atoms with van der Waals surface area (Å²) >= 11 is 0. The number of ether oxygens (including phenoxy) is 1. The van der Waals surface area contributed by atoms with Crippen LogP contribution in [0.2, 0.25) is 0 Å². The van der Waals surface area contributed by atoms with Crippen molar-refractivity contribution in [3.05, 3.63) is 36.0 Å². The average molecular weight is 302 g/mol. The number of nitrogens with zero attached hydrogens (tertiary/aromatic N) is 2. The fourth-order valence-corrected chi connectivity index (χ4v) is 2.46. The first kappa shape index (κ1) is 14.5. The molecule has 0 saturated carbocycles. The highest BCUT2D eigenvalue weighted by atomic mass is 16.5. The Morgan fingerprint density at radius 1 is 1.50 bits per heavy atom. The molecular formula is C15H18N4O3. The lowest BCUT2D eigenvalue weighted by Crippen LogP contribution is -2.16. The number of carbonyl (C=O) groups is 1. The molecule has 0 spiro atoms. The maximum Gasteiger partial charge on any atom is 0.232 e. The Balaban J connectivity index is 1.62. The molecule has 1 aromatic heterocycles. The lowest BCUT2D eigenvalue weighted by molar-refractivity contribution is -0.115. The Kier molecular flexibility index (Phi) is 4.34. The molecule has 7 heteroatoms. The van der Waals surface area contributed by atoms with Gasteiger partial charge >= 0.3 is 0 Å². The molecule has 116 valence electrons. The van der Waals surface area contributed by atoms with Crippen molar-refractivity contribution in [2.45, 2.75) is 18.8 Å². The maximum absolute atomic E-state index is 12.1. The summed E-state index contributed by atoms with van der Waals surface area (Å²) in [6.07, 6.45) is 1.05. The number of hydrogen-bond acceptors (Lipinski definition) is 6. The summed E-state index contributed by atoms with van der Waals surface area (Å²) in [5.41, 5.74) is 0.624. The topological polar surface area (TPSA) is 89.3 Å². The summed E-state index contributed by atoms with van der Waals surface area (Å²) in [7, 11) is 1.56. The van der Waals surface area contributed by atoms with E-state index in [1.165, 1.54) is 0 Å². The molecule has 3 rings (SSSR count). The van der Waals surface area contributed by atoms with Gasteiger partial charge in [-0.15, -0.1) is 0 Å². The van der Waals surface area contributed by atoms with E-state index in [0.717, 1.165) is 19.5 Å². The lowest BCUT2D eigenvalue weighted by atomic mass is 10.1. The van der Waals surface area contributed by atoms with E-state index >= 15 is 0 Å². The number of methoxy groups -OCH3 is 1. The summed E-state index contributed by atoms with van der Waals surface area (Å²) in [6, 6.07) is 7.24. The van der Waals surface area contributed by atoms with Crippen LogP contribution in [-0.4, -0.2) is 36.2 Å². The van der Waals surface area contributed by atoms with Gasteiger partial charge in [0, 0.05) is 6.54 Å². The third-order valence-electron chi connectivity index (χ3n) is 3.59. The van der Waals surface area contributed by atoms with Crippen LogP contribution in [0, 0.1) is 0 Å². The molecule has 1 aromatic carbocycles. The van der Waals surface area contributed by atoms with Gasteiger partial charge in [0.15, 0.2) is 5.82 Å². The van der Waals surface area contributed by atoms with Crippen molar-refractivity contribution in [3.63, 3.8) is 0 Å². The summed E-state index contributed by atoms with van der Waals surface area (Å²) in [6.45, 7) is 1.80. The van der Waals surface area contributed by atoms with Crippen LogP contribution in [0.5, 0.6) is 5.75 Å². The molecule has 2 aromatic rings. The second-order valence-electron chi connectivity index (χ2n) is 5.16. The van der Waals surface area contributed by atoms with Crippen LogP contribution in [0.1, 0.15) is 24.1 Å². The van der Waals surface area contributed by atoms with Gasteiger partial charge in [0.2, 0.25) is 11.8 Å². The highest BCUT2D eigenvalue weighted by molar-refractivity contribution is 5.93. The van der Waals surface area contributed by atoms with Gasteiger partial charge in [-0.2, -0.15) is 4.98 Å². The van der Waals surface area contributed by atoms with Gasteiger partial charge < -0.3 is 19.9 Å². The van der Waals surface area contributed by atoms with E-state index in [-0.39, 0.29) is 18.2 Å². The smallest absolute Gasteiger partial charge is 0.232 e. The minimum absolute atomic E-state index is 0.0711. The Hall–Kier alpha value is -2.41. The minimum atomic E-state index is -0.207. The van der Waals surface area contributed by atoms with Crippen LogP contribution < -0.4 is 15.4 Å². The Bertz CT molecular complexity index is 650. The number of benzene rings is 1. The van der Waals surface area contributed by atoms with Crippen molar-refractivity contribution < 1.29 is 14.1 Å². The number of nitrogens with one attached hydrogen (secondary N) is 2. The predicted octanol–water partition coefficient (Wildman–Crippen LogP) is 1.34. The first-order valence-electron chi connectivity index (χ1n) is 7.22. The van der Waals surface area contributed by atoms with Gasteiger partial charge in [-0.05, 0) is 25.1 Å². The number of rotatable bonds is 5. The molecule has 1 saturated heterocycles. The number of hydrogen-bond donors (Lipinski definition) is 2. The zero-order valence-corrected chi connectivity index (χ0v) is 12.3. The van der Waals surface area contributed by atoms with E-state index in [4.69, 9.17) is 9.26 Å². The van der Waals surface area contributed by atoms with Crippen LogP contribution >= 0.6 is 0 Å². The van der Waals surface area contributed by atoms with Gasteiger partial charge in [0.1, 0.15) is 5.75 Å². The molecule has 1 atom stereocenters. The van der Waals surface area contributed by atoms with Crippen LogP contribution in [0.25, 0.3) is 0 Å². The first-order valence-corrected chi connectivity index (χ1v) is 7.22. The van der Waals surface area contributed by atoms with E-state index in [9.17, 15) is 4.79 Å². The van der Waals surface area contributed by atoms with Gasteiger partial charge in [0.25, 0.3) is 0 Å². The van der Waals surface area contributed by atoms with Gasteiger partial charge in [-0.1, -0.05) is 17.3 Å². The van der Waals surface area contributed by atoms with Crippen molar-refractivity contribution in [3.8, 4) is 5.75 Å². The Morgan fingerprint density at radius 3 is 3.14 bits per heavy atom. The van der Waals surface area contributed by atoms with Crippen molar-refractivity contribution in [1.29, 1.82) is 0 Å². The molecule has 0 unspecified atom stereocenters. The third kappa shape index (κ3) is 3.25. The fourth-order valence-electron chi connectivity index (χ4n) is 2.46. The quantitative estimate of drug-likeness (QED) is 0.866. The molecule has 1 fully saturated rings. The normalized spacial score (nSPS) is 17.4. The van der Waals surface area contributed by atoms with E-state index in [2.05, 4.69) is 20.8 Å². The Morgan fingerprint density at radius 2 is 2.36 bits per heavy atom. The number of amides is 1. The van der Waals surface area contributed by atoms with Crippen molar-refractivity contribution in [1.82, 2.24) is 15.5 Å². The zero-order chi connectivity index (χ0) is 15.4. The molecule has 1 aliphatic heterocycles. The van der Waals surface area contributed by atoms with E-state index in [1.54, 1.807) is 19.2 Å². The fraction of sp³-hybridized carbons (Fsp3) is 0.400. The molecule has 2 heterocycles.